The largest absolute Gasteiger partial charge is 0.503 e. The second-order valence-corrected chi connectivity index (χ2v) is 4.09. The van der Waals surface area contributed by atoms with Gasteiger partial charge in [-0.1, -0.05) is 35.3 Å². The maximum absolute atomic E-state index is 9.65. The lowest BCUT2D eigenvalue weighted by atomic mass is 10.3. The van der Waals surface area contributed by atoms with Crippen LogP contribution in [-0.2, 0) is 0 Å². The summed E-state index contributed by atoms with van der Waals surface area (Å²) in [5.41, 5.74) is 0. The fraction of sp³-hybridized carbons (Fsp3) is 0. The Morgan fingerprint density at radius 2 is 1.18 bits per heavy atom. The van der Waals surface area contributed by atoms with E-state index in [-0.39, 0.29) is 33.0 Å². The SMILES string of the molecule is Oc1c(Cl)cccc1Oc1cccc(Cl)c1O. The van der Waals surface area contributed by atoms with Crippen molar-refractivity contribution in [1.82, 2.24) is 0 Å². The Morgan fingerprint density at radius 1 is 0.765 bits per heavy atom. The predicted molar refractivity (Wildman–Crippen MR) is 66.3 cm³/mol. The average molecular weight is 271 g/mol. The van der Waals surface area contributed by atoms with E-state index in [4.69, 9.17) is 27.9 Å². The van der Waals surface area contributed by atoms with Gasteiger partial charge in [0.25, 0.3) is 0 Å². The minimum Gasteiger partial charge on any atom is -0.503 e. The quantitative estimate of drug-likeness (QED) is 0.860. The van der Waals surface area contributed by atoms with Crippen LogP contribution in [0.4, 0.5) is 0 Å². The van der Waals surface area contributed by atoms with Gasteiger partial charge in [-0.3, -0.25) is 0 Å². The molecule has 0 atom stereocenters. The molecule has 5 heteroatoms. The number of para-hydroxylation sites is 2. The van der Waals surface area contributed by atoms with Gasteiger partial charge >= 0.3 is 0 Å². The number of benzene rings is 2. The highest BCUT2D eigenvalue weighted by Gasteiger charge is 2.11. The monoisotopic (exact) mass is 270 g/mol. The van der Waals surface area contributed by atoms with Gasteiger partial charge in [0.15, 0.2) is 23.0 Å². The van der Waals surface area contributed by atoms with Crippen LogP contribution in [0.1, 0.15) is 0 Å². The van der Waals surface area contributed by atoms with Crippen LogP contribution in [0.25, 0.3) is 0 Å². The number of hydrogen-bond donors (Lipinski definition) is 2. The molecule has 0 saturated carbocycles. The molecule has 17 heavy (non-hydrogen) atoms. The van der Waals surface area contributed by atoms with E-state index < -0.39 is 0 Å². The zero-order valence-electron chi connectivity index (χ0n) is 8.52. The fourth-order valence-corrected chi connectivity index (χ4v) is 1.61. The molecule has 88 valence electrons. The number of halogens is 2. The Labute approximate surface area is 108 Å². The number of rotatable bonds is 2. The van der Waals surface area contributed by atoms with Crippen LogP contribution in [0.5, 0.6) is 23.0 Å². The van der Waals surface area contributed by atoms with Crippen LogP contribution in [0.2, 0.25) is 10.0 Å². The van der Waals surface area contributed by atoms with E-state index in [0.717, 1.165) is 0 Å². The summed E-state index contributed by atoms with van der Waals surface area (Å²) < 4.78 is 5.33. The number of phenols is 2. The third-order valence-corrected chi connectivity index (χ3v) is 2.73. The van der Waals surface area contributed by atoms with Crippen molar-refractivity contribution in [3.63, 3.8) is 0 Å². The van der Waals surface area contributed by atoms with E-state index in [2.05, 4.69) is 0 Å². The molecule has 0 amide bonds. The molecule has 0 aliphatic heterocycles. The lowest BCUT2D eigenvalue weighted by molar-refractivity contribution is 0.385. The van der Waals surface area contributed by atoms with Gasteiger partial charge in [0.1, 0.15) is 0 Å². The van der Waals surface area contributed by atoms with Crippen LogP contribution in [0, 0.1) is 0 Å². The van der Waals surface area contributed by atoms with Gasteiger partial charge in [-0.15, -0.1) is 0 Å². The fourth-order valence-electron chi connectivity index (χ4n) is 1.27. The van der Waals surface area contributed by atoms with Crippen LogP contribution in [0.3, 0.4) is 0 Å². The molecule has 2 aromatic carbocycles. The second-order valence-electron chi connectivity index (χ2n) is 3.28. The summed E-state index contributed by atoms with van der Waals surface area (Å²) >= 11 is 11.5. The highest BCUT2D eigenvalue weighted by molar-refractivity contribution is 6.32. The minimum atomic E-state index is -0.187. The summed E-state index contributed by atoms with van der Waals surface area (Å²) in [6.07, 6.45) is 0. The van der Waals surface area contributed by atoms with Gasteiger partial charge < -0.3 is 14.9 Å². The zero-order valence-corrected chi connectivity index (χ0v) is 10.0. The summed E-state index contributed by atoms with van der Waals surface area (Å²) in [6, 6.07) is 9.37. The summed E-state index contributed by atoms with van der Waals surface area (Å²) in [7, 11) is 0. The van der Waals surface area contributed by atoms with Gasteiger partial charge in [0.2, 0.25) is 0 Å². The van der Waals surface area contributed by atoms with Crippen molar-refractivity contribution in [3.05, 3.63) is 46.4 Å². The molecule has 0 spiro atoms. The highest BCUT2D eigenvalue weighted by Crippen LogP contribution is 2.41. The standard InChI is InChI=1S/C12H8Cl2O3/c13-7-3-1-5-9(11(7)15)17-10-6-2-4-8(14)12(10)16/h1-6,15-16H. The molecule has 0 fully saturated rings. The van der Waals surface area contributed by atoms with Crippen LogP contribution in [-0.4, -0.2) is 10.2 Å². The normalized spacial score (nSPS) is 10.2. The summed E-state index contributed by atoms with van der Waals surface area (Å²) in [4.78, 5) is 0. The minimum absolute atomic E-state index is 0.148. The molecule has 0 radical (unpaired) electrons. The van der Waals surface area contributed by atoms with E-state index in [9.17, 15) is 10.2 Å². The molecule has 3 nitrogen and oxygen atoms in total. The van der Waals surface area contributed by atoms with E-state index in [1.165, 1.54) is 24.3 Å². The first-order valence-corrected chi connectivity index (χ1v) is 5.48. The molecular weight excluding hydrogens is 263 g/mol. The van der Waals surface area contributed by atoms with Crippen molar-refractivity contribution in [2.24, 2.45) is 0 Å². The Balaban J connectivity index is 2.38. The Bertz CT molecular complexity index is 506. The van der Waals surface area contributed by atoms with Gasteiger partial charge in [-0.05, 0) is 24.3 Å². The maximum Gasteiger partial charge on any atom is 0.177 e. The van der Waals surface area contributed by atoms with Crippen molar-refractivity contribution in [2.45, 2.75) is 0 Å². The smallest absolute Gasteiger partial charge is 0.177 e. The van der Waals surface area contributed by atoms with Gasteiger partial charge in [0, 0.05) is 0 Å². The van der Waals surface area contributed by atoms with Crippen LogP contribution >= 0.6 is 23.2 Å². The molecule has 2 N–H and O–H groups in total. The van der Waals surface area contributed by atoms with E-state index >= 15 is 0 Å². The second kappa shape index (κ2) is 4.73. The molecule has 2 rings (SSSR count). The Hall–Kier alpha value is -1.58. The number of hydrogen-bond acceptors (Lipinski definition) is 3. The maximum atomic E-state index is 9.65. The van der Waals surface area contributed by atoms with E-state index in [0.29, 0.717) is 0 Å². The summed E-state index contributed by atoms with van der Waals surface area (Å²) in [5, 5.41) is 19.6. The number of aromatic hydroxyl groups is 2. The topological polar surface area (TPSA) is 49.7 Å². The third-order valence-electron chi connectivity index (χ3n) is 2.12. The average Bonchev–Trinajstić information content (AvgIpc) is 2.31. The molecule has 0 aromatic heterocycles. The summed E-state index contributed by atoms with van der Waals surface area (Å²) in [5.74, 6) is -0.0767. The molecule has 0 bridgehead atoms. The Kier molecular flexibility index (Phi) is 3.31. The van der Waals surface area contributed by atoms with Gasteiger partial charge in [-0.2, -0.15) is 0 Å². The first-order chi connectivity index (χ1) is 8.09. The van der Waals surface area contributed by atoms with Gasteiger partial charge in [-0.25, -0.2) is 0 Å². The number of ether oxygens (including phenoxy) is 1. The molecule has 0 saturated heterocycles. The lowest BCUT2D eigenvalue weighted by Crippen LogP contribution is -1.86. The zero-order chi connectivity index (χ0) is 12.4. The first kappa shape index (κ1) is 11.9. The van der Waals surface area contributed by atoms with Crippen LogP contribution < -0.4 is 4.74 Å². The molecule has 0 heterocycles. The Morgan fingerprint density at radius 3 is 1.59 bits per heavy atom. The third kappa shape index (κ3) is 2.40. The molecule has 0 unspecified atom stereocenters. The van der Waals surface area contributed by atoms with E-state index in [1.807, 2.05) is 0 Å². The van der Waals surface area contributed by atoms with Gasteiger partial charge in [0.05, 0.1) is 10.0 Å². The molecular formula is C12H8Cl2O3. The van der Waals surface area contributed by atoms with Crippen molar-refractivity contribution in [3.8, 4) is 23.0 Å². The highest BCUT2D eigenvalue weighted by atomic mass is 35.5. The predicted octanol–water partition coefficient (Wildman–Crippen LogP) is 4.20. The van der Waals surface area contributed by atoms with Crippen molar-refractivity contribution in [2.75, 3.05) is 0 Å². The van der Waals surface area contributed by atoms with Crippen molar-refractivity contribution < 1.29 is 14.9 Å². The molecule has 0 aliphatic rings. The van der Waals surface area contributed by atoms with Crippen LogP contribution in [0.15, 0.2) is 36.4 Å². The van der Waals surface area contributed by atoms with E-state index in [1.54, 1.807) is 12.1 Å². The summed E-state index contributed by atoms with van der Waals surface area (Å²) in [6.45, 7) is 0. The number of phenolic OH excluding ortho intramolecular Hbond substituents is 2. The molecule has 2 aromatic rings. The first-order valence-electron chi connectivity index (χ1n) is 4.72. The lowest BCUT2D eigenvalue weighted by Gasteiger charge is -2.10. The molecule has 0 aliphatic carbocycles. The van der Waals surface area contributed by atoms with Crippen molar-refractivity contribution >= 4 is 23.2 Å². The van der Waals surface area contributed by atoms with Crippen molar-refractivity contribution in [1.29, 1.82) is 0 Å².